The Labute approximate surface area is 107 Å². The van der Waals surface area contributed by atoms with Crippen molar-refractivity contribution in [2.75, 3.05) is 6.61 Å². The van der Waals surface area contributed by atoms with Gasteiger partial charge < -0.3 is 9.84 Å². The first-order valence-corrected chi connectivity index (χ1v) is 6.35. The molecule has 0 saturated carbocycles. The van der Waals surface area contributed by atoms with Gasteiger partial charge in [-0.3, -0.25) is 0 Å². The van der Waals surface area contributed by atoms with Crippen molar-refractivity contribution in [2.45, 2.75) is 18.9 Å². The molecule has 0 bridgehead atoms. The topological polar surface area (TPSA) is 29.5 Å². The first-order valence-electron chi connectivity index (χ1n) is 6.35. The first-order chi connectivity index (χ1) is 8.84. The maximum atomic E-state index is 10.1. The van der Waals surface area contributed by atoms with Crippen LogP contribution in [-0.4, -0.2) is 11.7 Å². The van der Waals surface area contributed by atoms with Crippen molar-refractivity contribution in [1.82, 2.24) is 0 Å². The summed E-state index contributed by atoms with van der Waals surface area (Å²) in [5.41, 5.74) is 3.20. The van der Waals surface area contributed by atoms with Crippen LogP contribution < -0.4 is 4.74 Å². The Morgan fingerprint density at radius 2 is 1.83 bits per heavy atom. The molecule has 92 valence electrons. The maximum Gasteiger partial charge on any atom is 0.125 e. The van der Waals surface area contributed by atoms with Gasteiger partial charge in [-0.05, 0) is 36.1 Å². The van der Waals surface area contributed by atoms with E-state index in [1.54, 1.807) is 0 Å². The lowest BCUT2D eigenvalue weighted by atomic mass is 9.98. The van der Waals surface area contributed by atoms with Crippen molar-refractivity contribution in [3.63, 3.8) is 0 Å². The first kappa shape index (κ1) is 11.3. The standard InChI is InChI=1S/C16H16O2/c17-15-7-4-10-18-16-9-8-13(11-14(15)16)12-5-2-1-3-6-12/h1-3,5-6,8-9,11,15,17H,4,7,10H2/t15-/m0/s1. The molecule has 0 radical (unpaired) electrons. The molecule has 18 heavy (non-hydrogen) atoms. The number of hydrogen-bond donors (Lipinski definition) is 1. The molecular formula is C16H16O2. The molecule has 1 heterocycles. The largest absolute Gasteiger partial charge is 0.493 e. The third-order valence-electron chi connectivity index (χ3n) is 3.36. The van der Waals surface area contributed by atoms with E-state index < -0.39 is 6.10 Å². The Morgan fingerprint density at radius 3 is 2.67 bits per heavy atom. The Morgan fingerprint density at radius 1 is 1.00 bits per heavy atom. The van der Waals surface area contributed by atoms with Gasteiger partial charge in [-0.2, -0.15) is 0 Å². The number of ether oxygens (including phenoxy) is 1. The lowest BCUT2D eigenvalue weighted by Gasteiger charge is -2.13. The number of aliphatic hydroxyl groups is 1. The van der Waals surface area contributed by atoms with Gasteiger partial charge in [0.1, 0.15) is 5.75 Å². The summed E-state index contributed by atoms with van der Waals surface area (Å²) in [6, 6.07) is 16.3. The van der Waals surface area contributed by atoms with Crippen LogP contribution in [0, 0.1) is 0 Å². The van der Waals surface area contributed by atoms with E-state index in [1.165, 1.54) is 0 Å². The van der Waals surface area contributed by atoms with E-state index in [1.807, 2.05) is 36.4 Å². The van der Waals surface area contributed by atoms with E-state index in [2.05, 4.69) is 12.1 Å². The van der Waals surface area contributed by atoms with Crippen LogP contribution in [-0.2, 0) is 0 Å². The number of fused-ring (bicyclic) bond motifs is 1. The summed E-state index contributed by atoms with van der Waals surface area (Å²) in [5, 5.41) is 10.1. The summed E-state index contributed by atoms with van der Waals surface area (Å²) in [7, 11) is 0. The SMILES string of the molecule is O[C@H]1CCCOc2ccc(-c3ccccc3)cc21. The Kier molecular flexibility index (Phi) is 3.03. The summed E-state index contributed by atoms with van der Waals surface area (Å²) in [5.74, 6) is 0.819. The van der Waals surface area contributed by atoms with Crippen LogP contribution >= 0.6 is 0 Å². The molecule has 1 aliphatic rings. The average molecular weight is 240 g/mol. The Hall–Kier alpha value is -1.80. The molecule has 0 amide bonds. The Bertz CT molecular complexity index is 534. The molecule has 0 aromatic heterocycles. The monoisotopic (exact) mass is 240 g/mol. The molecule has 2 nitrogen and oxygen atoms in total. The van der Waals surface area contributed by atoms with Crippen molar-refractivity contribution in [2.24, 2.45) is 0 Å². The minimum atomic E-state index is -0.411. The molecule has 1 N–H and O–H groups in total. The van der Waals surface area contributed by atoms with E-state index in [4.69, 9.17) is 4.74 Å². The molecule has 2 aromatic carbocycles. The molecule has 1 aliphatic heterocycles. The van der Waals surface area contributed by atoms with Crippen LogP contribution in [0.15, 0.2) is 48.5 Å². The molecule has 0 saturated heterocycles. The van der Waals surface area contributed by atoms with Crippen LogP contribution in [0.2, 0.25) is 0 Å². The second-order valence-electron chi connectivity index (χ2n) is 4.63. The van der Waals surface area contributed by atoms with Gasteiger partial charge in [0.05, 0.1) is 12.7 Å². The second-order valence-corrected chi connectivity index (χ2v) is 4.63. The van der Waals surface area contributed by atoms with Crippen molar-refractivity contribution < 1.29 is 9.84 Å². The van der Waals surface area contributed by atoms with E-state index in [-0.39, 0.29) is 0 Å². The third-order valence-corrected chi connectivity index (χ3v) is 3.36. The molecule has 0 fully saturated rings. The number of aliphatic hydroxyl groups excluding tert-OH is 1. The Balaban J connectivity index is 2.04. The minimum absolute atomic E-state index is 0.411. The van der Waals surface area contributed by atoms with Gasteiger partial charge in [0, 0.05) is 5.56 Å². The molecule has 2 heteroatoms. The predicted molar refractivity (Wildman–Crippen MR) is 71.6 cm³/mol. The number of benzene rings is 2. The van der Waals surface area contributed by atoms with Crippen LogP contribution in [0.1, 0.15) is 24.5 Å². The van der Waals surface area contributed by atoms with Gasteiger partial charge in [0.25, 0.3) is 0 Å². The number of hydrogen-bond acceptors (Lipinski definition) is 2. The van der Waals surface area contributed by atoms with Crippen LogP contribution in [0.3, 0.4) is 0 Å². The van der Waals surface area contributed by atoms with Gasteiger partial charge in [-0.15, -0.1) is 0 Å². The fourth-order valence-corrected chi connectivity index (χ4v) is 2.36. The quantitative estimate of drug-likeness (QED) is 0.825. The highest BCUT2D eigenvalue weighted by Crippen LogP contribution is 2.34. The molecule has 0 spiro atoms. The van der Waals surface area contributed by atoms with Gasteiger partial charge in [-0.1, -0.05) is 36.4 Å². The summed E-state index contributed by atoms with van der Waals surface area (Å²) >= 11 is 0. The van der Waals surface area contributed by atoms with Crippen LogP contribution in [0.5, 0.6) is 5.75 Å². The number of rotatable bonds is 1. The van der Waals surface area contributed by atoms with Crippen molar-refractivity contribution in [1.29, 1.82) is 0 Å². The molecular weight excluding hydrogens is 224 g/mol. The molecule has 2 aromatic rings. The van der Waals surface area contributed by atoms with Crippen LogP contribution in [0.25, 0.3) is 11.1 Å². The van der Waals surface area contributed by atoms with Gasteiger partial charge >= 0.3 is 0 Å². The normalized spacial score (nSPS) is 18.6. The summed E-state index contributed by atoms with van der Waals surface area (Å²) in [4.78, 5) is 0. The molecule has 1 atom stereocenters. The van der Waals surface area contributed by atoms with Gasteiger partial charge in [-0.25, -0.2) is 0 Å². The zero-order valence-electron chi connectivity index (χ0n) is 10.2. The summed E-state index contributed by atoms with van der Waals surface area (Å²) < 4.78 is 5.65. The second kappa shape index (κ2) is 4.83. The fraction of sp³-hybridized carbons (Fsp3) is 0.250. The van der Waals surface area contributed by atoms with Crippen molar-refractivity contribution in [3.05, 3.63) is 54.1 Å². The van der Waals surface area contributed by atoms with Crippen molar-refractivity contribution >= 4 is 0 Å². The predicted octanol–water partition coefficient (Wildman–Crippen LogP) is 3.56. The lowest BCUT2D eigenvalue weighted by Crippen LogP contribution is -1.96. The average Bonchev–Trinajstić information content (AvgIpc) is 2.62. The zero-order valence-corrected chi connectivity index (χ0v) is 10.2. The fourth-order valence-electron chi connectivity index (χ4n) is 2.36. The van der Waals surface area contributed by atoms with Gasteiger partial charge in [0.2, 0.25) is 0 Å². The van der Waals surface area contributed by atoms with E-state index in [0.717, 1.165) is 35.3 Å². The minimum Gasteiger partial charge on any atom is -0.493 e. The maximum absolute atomic E-state index is 10.1. The van der Waals surface area contributed by atoms with E-state index in [9.17, 15) is 5.11 Å². The summed E-state index contributed by atoms with van der Waals surface area (Å²) in [6.45, 7) is 0.689. The molecule has 0 unspecified atom stereocenters. The zero-order chi connectivity index (χ0) is 12.4. The third kappa shape index (κ3) is 2.12. The highest BCUT2D eigenvalue weighted by Gasteiger charge is 2.17. The molecule has 0 aliphatic carbocycles. The lowest BCUT2D eigenvalue weighted by molar-refractivity contribution is 0.167. The smallest absolute Gasteiger partial charge is 0.125 e. The molecule has 3 rings (SSSR count). The highest BCUT2D eigenvalue weighted by molar-refractivity contribution is 5.65. The highest BCUT2D eigenvalue weighted by atomic mass is 16.5. The van der Waals surface area contributed by atoms with Gasteiger partial charge in [0.15, 0.2) is 0 Å². The van der Waals surface area contributed by atoms with Crippen molar-refractivity contribution in [3.8, 4) is 16.9 Å². The summed E-state index contributed by atoms with van der Waals surface area (Å²) in [6.07, 6.45) is 1.26. The van der Waals surface area contributed by atoms with Crippen LogP contribution in [0.4, 0.5) is 0 Å². The van der Waals surface area contributed by atoms with E-state index >= 15 is 0 Å². The van der Waals surface area contributed by atoms with E-state index in [0.29, 0.717) is 6.61 Å².